The number of carbonyl (C=O) groups is 1. The molecule has 2 aromatic rings. The second-order valence-electron chi connectivity index (χ2n) is 10.2. The number of nitrogens with zero attached hydrogens (tertiary/aromatic N) is 1. The summed E-state index contributed by atoms with van der Waals surface area (Å²) in [6, 6.07) is 8.40. The summed E-state index contributed by atoms with van der Waals surface area (Å²) >= 11 is 3.37. The van der Waals surface area contributed by atoms with Gasteiger partial charge in [0.25, 0.3) is 0 Å². The van der Waals surface area contributed by atoms with Crippen LogP contribution in [0.4, 0.5) is 0 Å². The SMILES string of the molecule is CC#Cc1ccc(-c2ccc(C(=O)[C@H]3CC[C@]4(CNC(N)=NC)CC[C@H]5CCC[C@]53C4)s2)s1. The standard InChI is InChI=1S/C27H33N3OS2/c1-3-5-19-7-8-21(32-19)22-9-10-23(33-22)24(31)20-12-15-26(17-30-25(28)29-2)14-11-18-6-4-13-27(18,20)16-26/h7-10,18,20H,4,6,11-17H2,1-2H3,(H3,28,29,30)/t18-,20-,26-,27+/m1/s1. The van der Waals surface area contributed by atoms with Crippen LogP contribution >= 0.6 is 22.7 Å². The first-order valence-electron chi connectivity index (χ1n) is 12.1. The van der Waals surface area contributed by atoms with Gasteiger partial charge in [0.05, 0.1) is 9.75 Å². The smallest absolute Gasteiger partial charge is 0.188 e. The molecule has 33 heavy (non-hydrogen) atoms. The maximum absolute atomic E-state index is 13.9. The molecule has 0 aliphatic heterocycles. The van der Waals surface area contributed by atoms with E-state index in [0.29, 0.717) is 17.7 Å². The lowest BCUT2D eigenvalue weighted by molar-refractivity contribution is -0.0600. The van der Waals surface area contributed by atoms with Crippen LogP contribution in [0.2, 0.25) is 0 Å². The summed E-state index contributed by atoms with van der Waals surface area (Å²) in [5, 5.41) is 3.37. The van der Waals surface area contributed by atoms with Gasteiger partial charge in [-0.3, -0.25) is 9.79 Å². The van der Waals surface area contributed by atoms with Crippen molar-refractivity contribution in [2.75, 3.05) is 13.6 Å². The fourth-order valence-electron chi connectivity index (χ4n) is 7.06. The Morgan fingerprint density at radius 3 is 2.76 bits per heavy atom. The highest BCUT2D eigenvalue weighted by molar-refractivity contribution is 7.23. The molecule has 3 N–H and O–H groups in total. The summed E-state index contributed by atoms with van der Waals surface area (Å²) in [5.41, 5.74) is 6.38. The first-order valence-corrected chi connectivity index (χ1v) is 13.8. The molecular formula is C27H33N3OS2. The average molecular weight is 480 g/mol. The number of aliphatic imine (C=N–C) groups is 1. The van der Waals surface area contributed by atoms with E-state index in [2.05, 4.69) is 46.4 Å². The largest absolute Gasteiger partial charge is 0.370 e. The number of nitrogens with one attached hydrogen (secondary N) is 1. The predicted molar refractivity (Wildman–Crippen MR) is 139 cm³/mol. The number of rotatable bonds is 5. The van der Waals surface area contributed by atoms with Gasteiger partial charge in [-0.05, 0) is 92.9 Å². The summed E-state index contributed by atoms with van der Waals surface area (Å²) < 4.78 is 0. The molecule has 5 rings (SSSR count). The van der Waals surface area contributed by atoms with E-state index >= 15 is 0 Å². The van der Waals surface area contributed by atoms with Crippen LogP contribution in [-0.4, -0.2) is 25.3 Å². The zero-order valence-corrected chi connectivity index (χ0v) is 21.2. The summed E-state index contributed by atoms with van der Waals surface area (Å²) in [6.45, 7) is 2.75. The van der Waals surface area contributed by atoms with Crippen LogP contribution < -0.4 is 11.1 Å². The third kappa shape index (κ3) is 4.04. The topological polar surface area (TPSA) is 67.5 Å². The molecule has 6 heteroatoms. The number of carbonyl (C=O) groups excluding carboxylic acids is 1. The third-order valence-corrected chi connectivity index (χ3v) is 10.8. The Hall–Kier alpha value is -2.10. The molecule has 3 fully saturated rings. The van der Waals surface area contributed by atoms with E-state index in [4.69, 9.17) is 5.73 Å². The highest BCUT2D eigenvalue weighted by atomic mass is 32.1. The number of guanidine groups is 1. The van der Waals surface area contributed by atoms with Crippen LogP contribution in [0.1, 0.15) is 72.8 Å². The van der Waals surface area contributed by atoms with Gasteiger partial charge in [-0.15, -0.1) is 28.6 Å². The molecule has 2 heterocycles. The van der Waals surface area contributed by atoms with Crippen molar-refractivity contribution in [3.8, 4) is 21.6 Å². The zero-order chi connectivity index (χ0) is 23.1. The lowest BCUT2D eigenvalue weighted by Crippen LogP contribution is -2.54. The van der Waals surface area contributed by atoms with E-state index in [0.717, 1.165) is 35.6 Å². The van der Waals surface area contributed by atoms with Crippen molar-refractivity contribution in [1.82, 2.24) is 5.32 Å². The summed E-state index contributed by atoms with van der Waals surface area (Å²) in [7, 11) is 1.73. The number of thiophene rings is 2. The van der Waals surface area contributed by atoms with Gasteiger partial charge >= 0.3 is 0 Å². The number of Topliss-reactive ketones (excluding diaryl/α,β-unsaturated/α-hetero) is 1. The third-order valence-electron chi connectivity index (χ3n) is 8.54. The van der Waals surface area contributed by atoms with E-state index in [1.807, 2.05) is 6.92 Å². The normalized spacial score (nSPS) is 30.9. The van der Waals surface area contributed by atoms with Gasteiger partial charge in [-0.2, -0.15) is 0 Å². The Bertz CT molecular complexity index is 1140. The van der Waals surface area contributed by atoms with Gasteiger partial charge in [0.1, 0.15) is 0 Å². The van der Waals surface area contributed by atoms with Gasteiger partial charge in [0.2, 0.25) is 0 Å². The van der Waals surface area contributed by atoms with E-state index in [1.165, 1.54) is 41.9 Å². The quantitative estimate of drug-likeness (QED) is 0.242. The van der Waals surface area contributed by atoms with E-state index in [1.54, 1.807) is 29.7 Å². The van der Waals surface area contributed by atoms with Crippen molar-refractivity contribution in [1.29, 1.82) is 0 Å². The van der Waals surface area contributed by atoms with Gasteiger partial charge in [-0.25, -0.2) is 0 Å². The molecule has 0 radical (unpaired) electrons. The molecule has 3 aliphatic carbocycles. The van der Waals surface area contributed by atoms with Crippen LogP contribution in [0.5, 0.6) is 0 Å². The van der Waals surface area contributed by atoms with Crippen molar-refractivity contribution in [2.24, 2.45) is 33.4 Å². The number of hydrogen-bond acceptors (Lipinski definition) is 4. The lowest BCUT2D eigenvalue weighted by atomic mass is 9.47. The molecule has 4 atom stereocenters. The molecule has 0 aromatic carbocycles. The van der Waals surface area contributed by atoms with Crippen molar-refractivity contribution in [2.45, 2.75) is 58.3 Å². The first kappa shape index (κ1) is 22.7. The second kappa shape index (κ2) is 8.92. The monoisotopic (exact) mass is 479 g/mol. The molecule has 1 spiro atoms. The first-order chi connectivity index (χ1) is 16.0. The maximum atomic E-state index is 13.9. The Morgan fingerprint density at radius 1 is 1.15 bits per heavy atom. The van der Waals surface area contributed by atoms with Gasteiger partial charge in [-0.1, -0.05) is 12.3 Å². The van der Waals surface area contributed by atoms with Gasteiger partial charge in [0, 0.05) is 29.3 Å². The minimum atomic E-state index is 0.159. The predicted octanol–water partition coefficient (Wildman–Crippen LogP) is 5.93. The Morgan fingerprint density at radius 2 is 1.94 bits per heavy atom. The highest BCUT2D eigenvalue weighted by Crippen LogP contribution is 2.66. The molecule has 3 aliphatic rings. The van der Waals surface area contributed by atoms with Crippen LogP contribution in [0.15, 0.2) is 29.3 Å². The van der Waals surface area contributed by atoms with Crippen LogP contribution in [0.25, 0.3) is 9.75 Å². The number of nitrogens with two attached hydrogens (primary N) is 1. The van der Waals surface area contributed by atoms with Crippen molar-refractivity contribution in [3.05, 3.63) is 34.0 Å². The maximum Gasteiger partial charge on any atom is 0.188 e. The van der Waals surface area contributed by atoms with Crippen molar-refractivity contribution < 1.29 is 4.79 Å². The minimum Gasteiger partial charge on any atom is -0.370 e. The fraction of sp³-hybridized carbons (Fsp3) is 0.556. The molecule has 3 saturated carbocycles. The van der Waals surface area contributed by atoms with Crippen molar-refractivity contribution in [3.63, 3.8) is 0 Å². The summed E-state index contributed by atoms with van der Waals surface area (Å²) in [5.74, 6) is 7.88. The molecule has 0 saturated heterocycles. The Balaban J connectivity index is 1.39. The zero-order valence-electron chi connectivity index (χ0n) is 19.6. The number of fused-ring (bicyclic) bond motifs is 1. The summed E-state index contributed by atoms with van der Waals surface area (Å²) in [6.07, 6.45) is 9.52. The highest BCUT2D eigenvalue weighted by Gasteiger charge is 2.60. The van der Waals surface area contributed by atoms with Crippen LogP contribution in [0, 0.1) is 34.5 Å². The molecule has 0 amide bonds. The molecular weight excluding hydrogens is 446 g/mol. The van der Waals surface area contributed by atoms with Crippen molar-refractivity contribution >= 4 is 34.4 Å². The average Bonchev–Trinajstić information content (AvgIpc) is 3.57. The van der Waals surface area contributed by atoms with Crippen LogP contribution in [-0.2, 0) is 0 Å². The van der Waals surface area contributed by atoms with Crippen LogP contribution in [0.3, 0.4) is 0 Å². The van der Waals surface area contributed by atoms with E-state index in [-0.39, 0.29) is 16.7 Å². The van der Waals surface area contributed by atoms with E-state index < -0.39 is 0 Å². The van der Waals surface area contributed by atoms with E-state index in [9.17, 15) is 4.79 Å². The molecule has 174 valence electrons. The molecule has 2 bridgehead atoms. The summed E-state index contributed by atoms with van der Waals surface area (Å²) in [4.78, 5) is 22.4. The second-order valence-corrected chi connectivity index (χ2v) is 12.3. The Kier molecular flexibility index (Phi) is 6.13. The molecule has 2 aromatic heterocycles. The lowest BCUT2D eigenvalue weighted by Gasteiger charge is -2.57. The molecule has 0 unspecified atom stereocenters. The Labute approximate surface area is 205 Å². The fourth-order valence-corrected chi connectivity index (χ4v) is 9.06. The van der Waals surface area contributed by atoms with Gasteiger partial charge < -0.3 is 11.1 Å². The number of ketones is 1. The minimum absolute atomic E-state index is 0.159. The van der Waals surface area contributed by atoms with Gasteiger partial charge in [0.15, 0.2) is 11.7 Å². The number of hydrogen-bond donors (Lipinski definition) is 2. The molecule has 4 nitrogen and oxygen atoms in total.